The van der Waals surface area contributed by atoms with Crippen LogP contribution in [0.4, 0.5) is 0 Å². The van der Waals surface area contributed by atoms with Gasteiger partial charge in [-0.25, -0.2) is 0 Å². The van der Waals surface area contributed by atoms with Crippen LogP contribution in [0.5, 0.6) is 0 Å². The molecule has 9 nitrogen and oxygen atoms in total. The van der Waals surface area contributed by atoms with E-state index in [0.717, 1.165) is 12.8 Å². The molecular weight excluding hydrogens is 576 g/mol. The number of ether oxygens (including phenoxy) is 7. The average Bonchev–Trinajstić information content (AvgIpc) is 3.62. The zero-order chi connectivity index (χ0) is 33.5. The molecule has 45 heavy (non-hydrogen) atoms. The molecule has 264 valence electrons. The Labute approximate surface area is 273 Å². The van der Waals surface area contributed by atoms with Crippen LogP contribution in [0.25, 0.3) is 0 Å². The van der Waals surface area contributed by atoms with E-state index in [1.54, 1.807) is 7.11 Å². The lowest BCUT2D eigenvalue weighted by molar-refractivity contribution is -0.339. The number of methoxy groups -OCH3 is 1. The van der Waals surface area contributed by atoms with Gasteiger partial charge in [0.25, 0.3) is 0 Å². The summed E-state index contributed by atoms with van der Waals surface area (Å²) in [5, 5.41) is 23.1. The summed E-state index contributed by atoms with van der Waals surface area (Å²) in [4.78, 5) is 0. The summed E-state index contributed by atoms with van der Waals surface area (Å²) in [6.07, 6.45) is -1.79. The van der Waals surface area contributed by atoms with Crippen molar-refractivity contribution >= 4 is 0 Å². The monoisotopic (exact) mass is 642 g/mol. The number of rotatable bonds is 12. The van der Waals surface area contributed by atoms with E-state index < -0.39 is 36.7 Å². The summed E-state index contributed by atoms with van der Waals surface area (Å²) in [7, 11) is 1.71. The van der Waals surface area contributed by atoms with E-state index >= 15 is 0 Å². The van der Waals surface area contributed by atoms with Crippen LogP contribution in [0, 0.1) is 47.3 Å². The van der Waals surface area contributed by atoms with Crippen molar-refractivity contribution in [2.45, 2.75) is 176 Å². The van der Waals surface area contributed by atoms with E-state index in [2.05, 4.69) is 69.2 Å². The van der Waals surface area contributed by atoms with Gasteiger partial charge in [-0.1, -0.05) is 68.7 Å². The number of aliphatic hydroxyl groups excluding tert-OH is 2. The first kappa shape index (κ1) is 37.5. The smallest absolute Gasteiger partial charge is 0.163 e. The molecule has 3 aliphatic heterocycles. The molecule has 20 atom stereocenters. The molecule has 9 heteroatoms. The van der Waals surface area contributed by atoms with Crippen LogP contribution in [-0.4, -0.2) is 90.6 Å². The summed E-state index contributed by atoms with van der Waals surface area (Å²) in [6, 6.07) is 0. The summed E-state index contributed by atoms with van der Waals surface area (Å²) < 4.78 is 44.8. The second-order valence-corrected chi connectivity index (χ2v) is 15.2. The van der Waals surface area contributed by atoms with Crippen molar-refractivity contribution in [1.82, 2.24) is 0 Å². The second-order valence-electron chi connectivity index (χ2n) is 15.2. The third kappa shape index (κ3) is 7.18. The van der Waals surface area contributed by atoms with Crippen LogP contribution < -0.4 is 0 Å². The summed E-state index contributed by atoms with van der Waals surface area (Å²) >= 11 is 0. The van der Waals surface area contributed by atoms with Crippen LogP contribution >= 0.6 is 0 Å². The van der Waals surface area contributed by atoms with Gasteiger partial charge in [0.2, 0.25) is 0 Å². The van der Waals surface area contributed by atoms with Crippen LogP contribution in [-0.2, 0) is 33.2 Å². The van der Waals surface area contributed by atoms with Crippen molar-refractivity contribution in [1.29, 1.82) is 0 Å². The first-order valence-electron chi connectivity index (χ1n) is 18.0. The van der Waals surface area contributed by atoms with Crippen molar-refractivity contribution in [3.63, 3.8) is 0 Å². The lowest BCUT2D eigenvalue weighted by Gasteiger charge is -2.48. The molecule has 2 N–H and O–H groups in total. The maximum Gasteiger partial charge on any atom is 0.163 e. The van der Waals surface area contributed by atoms with Gasteiger partial charge in [0, 0.05) is 36.7 Å². The summed E-state index contributed by atoms with van der Waals surface area (Å²) in [5.74, 6) is 1.000. The Hall–Kier alpha value is -0.360. The van der Waals surface area contributed by atoms with Crippen LogP contribution in [0.15, 0.2) is 0 Å². The molecule has 1 aliphatic carbocycles. The Bertz CT molecular complexity index is 934. The highest BCUT2D eigenvalue weighted by atomic mass is 16.7. The molecule has 0 aromatic rings. The Morgan fingerprint density at radius 2 is 1.31 bits per heavy atom. The summed E-state index contributed by atoms with van der Waals surface area (Å²) in [5.41, 5.74) is -0.527. The molecular formula is C36H66O9. The zero-order valence-electron chi connectivity index (χ0n) is 30.3. The Morgan fingerprint density at radius 3 is 1.89 bits per heavy atom. The molecule has 0 spiro atoms. The number of hydrogen-bond acceptors (Lipinski definition) is 9. The van der Waals surface area contributed by atoms with Gasteiger partial charge in [-0.3, -0.25) is 0 Å². The third-order valence-electron chi connectivity index (χ3n) is 12.7. The van der Waals surface area contributed by atoms with E-state index in [4.69, 9.17) is 33.2 Å². The van der Waals surface area contributed by atoms with Crippen LogP contribution in [0.3, 0.4) is 0 Å². The molecule has 3 heterocycles. The molecule has 0 bridgehead atoms. The van der Waals surface area contributed by atoms with Gasteiger partial charge < -0.3 is 43.4 Å². The minimum Gasteiger partial charge on any atom is -0.390 e. The van der Waals surface area contributed by atoms with E-state index in [-0.39, 0.29) is 72.1 Å². The van der Waals surface area contributed by atoms with Gasteiger partial charge in [0.1, 0.15) is 12.2 Å². The van der Waals surface area contributed by atoms with E-state index in [9.17, 15) is 10.2 Å². The van der Waals surface area contributed by atoms with Crippen molar-refractivity contribution in [2.75, 3.05) is 7.11 Å². The maximum absolute atomic E-state index is 11.6. The predicted octanol–water partition coefficient (Wildman–Crippen LogP) is 5.78. The van der Waals surface area contributed by atoms with E-state index in [0.29, 0.717) is 18.3 Å². The number of aliphatic hydroxyl groups is 2. The van der Waals surface area contributed by atoms with Gasteiger partial charge in [-0.05, 0) is 51.4 Å². The van der Waals surface area contributed by atoms with Crippen molar-refractivity contribution in [3.05, 3.63) is 0 Å². The van der Waals surface area contributed by atoms with Crippen molar-refractivity contribution in [3.8, 4) is 0 Å². The number of hydrogen-bond donors (Lipinski definition) is 2. The topological polar surface area (TPSA) is 105 Å². The van der Waals surface area contributed by atoms with Gasteiger partial charge in [-0.15, -0.1) is 0 Å². The fourth-order valence-electron chi connectivity index (χ4n) is 8.74. The van der Waals surface area contributed by atoms with Gasteiger partial charge in [-0.2, -0.15) is 0 Å². The Balaban J connectivity index is 1.43. The fourth-order valence-corrected chi connectivity index (χ4v) is 8.74. The minimum atomic E-state index is -1.00. The maximum atomic E-state index is 11.6. The molecule has 4 rings (SSSR count). The third-order valence-corrected chi connectivity index (χ3v) is 12.7. The molecule has 4 aliphatic rings. The molecule has 0 aromatic carbocycles. The van der Waals surface area contributed by atoms with E-state index in [1.165, 1.54) is 0 Å². The molecule has 0 aromatic heterocycles. The normalized spacial score (nSPS) is 51.9. The molecule has 3 saturated heterocycles. The standard InChI is InChI=1S/C36H66O9/c1-14-25-28(21(8)33(38)43-32-27(16-3)40-24(11)20(7)30(32)39-13)36(25,12)45-35-22(9)29(37)31(26(15-2)42-35)44-34-19(6)17(4)18(5)23(10)41-34/h17-35,37-38H,14-16H2,1-13H3/t17?,18-,19?,20?,21?,22?,23?,24+,25-,26?,27?,28+,29+,30?,31-,32+,33+,34+,35-,36?/m0/s1. The lowest BCUT2D eigenvalue weighted by Crippen LogP contribution is -2.58. The Morgan fingerprint density at radius 1 is 0.711 bits per heavy atom. The fraction of sp³-hybridized carbons (Fsp3) is 1.00. The van der Waals surface area contributed by atoms with Crippen LogP contribution in [0.2, 0.25) is 0 Å². The highest BCUT2D eigenvalue weighted by Gasteiger charge is 2.66. The minimum absolute atomic E-state index is 0.0538. The van der Waals surface area contributed by atoms with Crippen LogP contribution in [0.1, 0.15) is 102 Å². The highest BCUT2D eigenvalue weighted by Crippen LogP contribution is 2.61. The second kappa shape index (κ2) is 15.0. The highest BCUT2D eigenvalue weighted by molar-refractivity contribution is 5.13. The molecule has 0 amide bonds. The molecule has 1 saturated carbocycles. The largest absolute Gasteiger partial charge is 0.390 e. The Kier molecular flexibility index (Phi) is 12.5. The predicted molar refractivity (Wildman–Crippen MR) is 172 cm³/mol. The average molecular weight is 643 g/mol. The SMILES string of the molecule is CCC1O[C@H](C)C(C)C(OC)[C@@H]1O[C@@H](O)C(C)[C@@H]1[C@H](CC)C1(C)O[C@@H]1OC(CC)[C@H](O[C@H]2OC(C)[C@@H](C)C(C)C2C)[C@H](O)C1C. The van der Waals surface area contributed by atoms with Gasteiger partial charge in [0.15, 0.2) is 18.9 Å². The van der Waals surface area contributed by atoms with Gasteiger partial charge in [0.05, 0.1) is 42.2 Å². The quantitative estimate of drug-likeness (QED) is 0.257. The van der Waals surface area contributed by atoms with E-state index in [1.807, 2.05) is 13.8 Å². The first-order valence-corrected chi connectivity index (χ1v) is 18.0. The molecule has 4 fully saturated rings. The lowest BCUT2D eigenvalue weighted by atomic mass is 9.79. The summed E-state index contributed by atoms with van der Waals surface area (Å²) in [6.45, 7) is 25.3. The van der Waals surface area contributed by atoms with Crippen molar-refractivity contribution in [2.24, 2.45) is 47.3 Å². The molecule has 10 unspecified atom stereocenters. The van der Waals surface area contributed by atoms with Crippen molar-refractivity contribution < 1.29 is 43.4 Å². The van der Waals surface area contributed by atoms with Gasteiger partial charge >= 0.3 is 0 Å². The first-order chi connectivity index (χ1) is 21.2. The molecule has 0 radical (unpaired) electrons. The zero-order valence-corrected chi connectivity index (χ0v) is 30.3.